The Bertz CT molecular complexity index is 495. The first-order chi connectivity index (χ1) is 8.80. The standard InChI is InChI=1S/C12H22N2O2S3/c1-5-13-8-10-6-7-11(18-10)19(15,16)14-9-12(2,3)17-4/h6-7,13-14H,5,8-9H2,1-4H3. The quantitative estimate of drug-likeness (QED) is 0.771. The lowest BCUT2D eigenvalue weighted by Gasteiger charge is -2.21. The molecule has 0 aromatic carbocycles. The van der Waals surface area contributed by atoms with E-state index in [2.05, 4.69) is 10.0 Å². The summed E-state index contributed by atoms with van der Waals surface area (Å²) in [5.41, 5.74) is 0. The van der Waals surface area contributed by atoms with E-state index in [0.29, 0.717) is 17.3 Å². The lowest BCUT2D eigenvalue weighted by molar-refractivity contribution is 0.573. The average molecular weight is 323 g/mol. The van der Waals surface area contributed by atoms with Crippen molar-refractivity contribution in [3.05, 3.63) is 17.0 Å². The maximum Gasteiger partial charge on any atom is 0.250 e. The molecule has 7 heteroatoms. The predicted octanol–water partition coefficient (Wildman–Crippen LogP) is 2.28. The van der Waals surface area contributed by atoms with Crippen molar-refractivity contribution in [3.63, 3.8) is 0 Å². The van der Waals surface area contributed by atoms with Crippen LogP contribution in [0.5, 0.6) is 0 Å². The summed E-state index contributed by atoms with van der Waals surface area (Å²) in [7, 11) is -3.38. The van der Waals surface area contributed by atoms with Crippen molar-refractivity contribution in [2.24, 2.45) is 0 Å². The molecule has 110 valence electrons. The maximum absolute atomic E-state index is 12.2. The molecule has 0 aliphatic heterocycles. The van der Waals surface area contributed by atoms with Gasteiger partial charge in [-0.2, -0.15) is 11.8 Å². The smallest absolute Gasteiger partial charge is 0.250 e. The van der Waals surface area contributed by atoms with E-state index in [1.165, 1.54) is 11.3 Å². The van der Waals surface area contributed by atoms with Gasteiger partial charge in [0.15, 0.2) is 0 Å². The zero-order valence-electron chi connectivity index (χ0n) is 11.8. The van der Waals surface area contributed by atoms with Crippen LogP contribution in [-0.2, 0) is 16.6 Å². The number of hydrogen-bond donors (Lipinski definition) is 2. The van der Waals surface area contributed by atoms with E-state index in [-0.39, 0.29) is 4.75 Å². The Hall–Kier alpha value is -0.0800. The topological polar surface area (TPSA) is 58.2 Å². The molecule has 0 aliphatic carbocycles. The Kier molecular flexibility index (Phi) is 6.32. The zero-order chi connectivity index (χ0) is 14.5. The minimum atomic E-state index is -3.38. The molecular weight excluding hydrogens is 300 g/mol. The molecule has 0 bridgehead atoms. The molecule has 0 spiro atoms. The summed E-state index contributed by atoms with van der Waals surface area (Å²) in [6, 6.07) is 3.54. The molecule has 19 heavy (non-hydrogen) atoms. The number of thioether (sulfide) groups is 1. The van der Waals surface area contributed by atoms with Gasteiger partial charge in [-0.05, 0) is 38.8 Å². The van der Waals surface area contributed by atoms with Gasteiger partial charge >= 0.3 is 0 Å². The molecule has 0 saturated carbocycles. The molecule has 1 aromatic rings. The summed E-state index contributed by atoms with van der Waals surface area (Å²) in [5, 5.41) is 3.19. The molecule has 0 unspecified atom stereocenters. The molecule has 0 radical (unpaired) electrons. The second-order valence-electron chi connectivity index (χ2n) is 4.79. The van der Waals surface area contributed by atoms with E-state index in [1.54, 1.807) is 17.8 Å². The van der Waals surface area contributed by atoms with Crippen molar-refractivity contribution < 1.29 is 8.42 Å². The fourth-order valence-electron chi connectivity index (χ4n) is 1.26. The maximum atomic E-state index is 12.2. The Morgan fingerprint density at radius 2 is 2.05 bits per heavy atom. The molecule has 1 heterocycles. The van der Waals surface area contributed by atoms with E-state index in [1.807, 2.05) is 33.1 Å². The second-order valence-corrected chi connectivity index (χ2v) is 9.46. The van der Waals surface area contributed by atoms with Crippen molar-refractivity contribution >= 4 is 33.1 Å². The molecule has 1 rings (SSSR count). The van der Waals surface area contributed by atoms with Gasteiger partial charge in [-0.3, -0.25) is 0 Å². The van der Waals surface area contributed by atoms with Gasteiger partial charge in [0, 0.05) is 22.7 Å². The van der Waals surface area contributed by atoms with Gasteiger partial charge in [0.25, 0.3) is 0 Å². The van der Waals surface area contributed by atoms with E-state index < -0.39 is 10.0 Å². The number of sulfonamides is 1. The third-order valence-electron chi connectivity index (χ3n) is 2.69. The van der Waals surface area contributed by atoms with Crippen LogP contribution in [-0.4, -0.2) is 32.5 Å². The van der Waals surface area contributed by atoms with Gasteiger partial charge in [0.1, 0.15) is 4.21 Å². The molecule has 0 aliphatic rings. The van der Waals surface area contributed by atoms with Gasteiger partial charge in [0.05, 0.1) is 0 Å². The number of nitrogens with one attached hydrogen (secondary N) is 2. The van der Waals surface area contributed by atoms with E-state index in [4.69, 9.17) is 0 Å². The molecule has 2 N–H and O–H groups in total. The number of rotatable bonds is 8. The Labute approximate surface area is 124 Å². The van der Waals surface area contributed by atoms with Crippen LogP contribution >= 0.6 is 23.1 Å². The minimum absolute atomic E-state index is 0.100. The largest absolute Gasteiger partial charge is 0.312 e. The summed E-state index contributed by atoms with van der Waals surface area (Å²) in [6.45, 7) is 8.08. The van der Waals surface area contributed by atoms with Crippen molar-refractivity contribution in [1.82, 2.24) is 10.0 Å². The summed E-state index contributed by atoms with van der Waals surface area (Å²) in [6.07, 6.45) is 1.98. The zero-order valence-corrected chi connectivity index (χ0v) is 14.3. The highest BCUT2D eigenvalue weighted by Crippen LogP contribution is 2.24. The van der Waals surface area contributed by atoms with Gasteiger partial charge < -0.3 is 5.32 Å². The second kappa shape index (κ2) is 7.08. The summed E-state index contributed by atoms with van der Waals surface area (Å²) < 4.78 is 27.3. The third kappa shape index (κ3) is 5.43. The van der Waals surface area contributed by atoms with Crippen molar-refractivity contribution in [3.8, 4) is 0 Å². The van der Waals surface area contributed by atoms with E-state index >= 15 is 0 Å². The van der Waals surface area contributed by atoms with Crippen molar-refractivity contribution in [1.29, 1.82) is 0 Å². The lowest BCUT2D eigenvalue weighted by atomic mass is 10.2. The molecular formula is C12H22N2O2S3. The molecule has 0 amide bonds. The van der Waals surface area contributed by atoms with Crippen LogP contribution in [0.4, 0.5) is 0 Å². The molecule has 1 aromatic heterocycles. The van der Waals surface area contributed by atoms with Crippen LogP contribution in [0, 0.1) is 0 Å². The Morgan fingerprint density at radius 1 is 1.37 bits per heavy atom. The third-order valence-corrected chi connectivity index (χ3v) is 6.92. The molecule has 0 fully saturated rings. The summed E-state index contributed by atoms with van der Waals surface area (Å²) in [5.74, 6) is 0. The van der Waals surface area contributed by atoms with Crippen molar-refractivity contribution in [2.45, 2.75) is 36.3 Å². The number of thiophene rings is 1. The molecule has 0 atom stereocenters. The first-order valence-corrected chi connectivity index (χ1v) is 9.67. The van der Waals surface area contributed by atoms with Gasteiger partial charge in [-0.15, -0.1) is 11.3 Å². The lowest BCUT2D eigenvalue weighted by Crippen LogP contribution is -2.35. The summed E-state index contributed by atoms with van der Waals surface area (Å²) in [4.78, 5) is 1.03. The van der Waals surface area contributed by atoms with E-state index in [9.17, 15) is 8.42 Å². The average Bonchev–Trinajstić information content (AvgIpc) is 2.84. The Morgan fingerprint density at radius 3 is 2.63 bits per heavy atom. The van der Waals surface area contributed by atoms with Crippen LogP contribution in [0.1, 0.15) is 25.6 Å². The predicted molar refractivity (Wildman–Crippen MR) is 84.5 cm³/mol. The van der Waals surface area contributed by atoms with Crippen molar-refractivity contribution in [2.75, 3.05) is 19.3 Å². The first-order valence-electron chi connectivity index (χ1n) is 6.15. The normalized spacial score (nSPS) is 12.8. The molecule has 0 saturated heterocycles. The van der Waals surface area contributed by atoms with Crippen LogP contribution in [0.15, 0.2) is 16.3 Å². The highest BCUT2D eigenvalue weighted by Gasteiger charge is 2.22. The van der Waals surface area contributed by atoms with Crippen LogP contribution in [0.25, 0.3) is 0 Å². The van der Waals surface area contributed by atoms with Gasteiger partial charge in [-0.1, -0.05) is 6.92 Å². The fraction of sp³-hybridized carbons (Fsp3) is 0.667. The fourth-order valence-corrected chi connectivity index (χ4v) is 4.15. The monoisotopic (exact) mass is 322 g/mol. The highest BCUT2D eigenvalue weighted by atomic mass is 32.2. The highest BCUT2D eigenvalue weighted by molar-refractivity contribution is 8.00. The van der Waals surface area contributed by atoms with Crippen LogP contribution < -0.4 is 10.0 Å². The summed E-state index contributed by atoms with van der Waals surface area (Å²) >= 11 is 2.96. The van der Waals surface area contributed by atoms with Crippen LogP contribution in [0.2, 0.25) is 0 Å². The SMILES string of the molecule is CCNCc1ccc(S(=O)(=O)NCC(C)(C)SC)s1. The van der Waals surface area contributed by atoms with E-state index in [0.717, 1.165) is 11.4 Å². The molecule has 4 nitrogen and oxygen atoms in total. The van der Waals surface area contributed by atoms with Gasteiger partial charge in [-0.25, -0.2) is 13.1 Å². The Balaban J connectivity index is 2.69. The first kappa shape index (κ1) is 17.0. The number of hydrogen-bond acceptors (Lipinski definition) is 5. The van der Waals surface area contributed by atoms with Crippen LogP contribution in [0.3, 0.4) is 0 Å². The minimum Gasteiger partial charge on any atom is -0.312 e. The van der Waals surface area contributed by atoms with Gasteiger partial charge in [0.2, 0.25) is 10.0 Å².